The lowest BCUT2D eigenvalue weighted by Crippen LogP contribution is -2.40. The number of nitrogens with one attached hydrogen (secondary N) is 1. The zero-order chi connectivity index (χ0) is 12.8. The molecule has 0 saturated heterocycles. The van der Waals surface area contributed by atoms with E-state index in [1.165, 1.54) is 0 Å². The van der Waals surface area contributed by atoms with Gasteiger partial charge in [0.2, 0.25) is 5.91 Å². The molecular weight excluding hydrogens is 216 g/mol. The summed E-state index contributed by atoms with van der Waals surface area (Å²) in [5.74, 6) is 0.465. The van der Waals surface area contributed by atoms with E-state index in [4.69, 9.17) is 10.5 Å². The number of hydrogen-bond donors (Lipinski definition) is 2. The maximum atomic E-state index is 11.7. The first-order valence-corrected chi connectivity index (χ1v) is 6.67. The molecule has 3 N–H and O–H groups in total. The Bertz CT molecular complexity index is 236. The van der Waals surface area contributed by atoms with Crippen molar-refractivity contribution in [1.82, 2.24) is 5.32 Å². The molecule has 0 aromatic heterocycles. The third-order valence-electron chi connectivity index (χ3n) is 3.17. The molecule has 1 rings (SSSR count). The number of carbonyl (C=O) groups is 1. The standard InChI is InChI=1S/C13H26N2O2/c1-9(2)8-15-13(16)10(3)17-12-6-4-11(14)5-7-12/h9-12H,4-8,14H2,1-3H3,(H,15,16). The predicted molar refractivity (Wildman–Crippen MR) is 68.6 cm³/mol. The van der Waals surface area contributed by atoms with Gasteiger partial charge in [0.25, 0.3) is 0 Å². The lowest BCUT2D eigenvalue weighted by molar-refractivity contribution is -0.136. The van der Waals surface area contributed by atoms with Crippen LogP contribution in [0.1, 0.15) is 46.5 Å². The van der Waals surface area contributed by atoms with Crippen LogP contribution in [0, 0.1) is 5.92 Å². The number of ether oxygens (including phenoxy) is 1. The summed E-state index contributed by atoms with van der Waals surface area (Å²) >= 11 is 0. The van der Waals surface area contributed by atoms with Gasteiger partial charge in [0.15, 0.2) is 0 Å². The van der Waals surface area contributed by atoms with Crippen molar-refractivity contribution in [2.24, 2.45) is 11.7 Å². The number of nitrogens with two attached hydrogens (primary N) is 1. The van der Waals surface area contributed by atoms with Crippen LogP contribution in [0.2, 0.25) is 0 Å². The summed E-state index contributed by atoms with van der Waals surface area (Å²) in [4.78, 5) is 11.7. The van der Waals surface area contributed by atoms with Gasteiger partial charge in [0.05, 0.1) is 6.10 Å². The van der Waals surface area contributed by atoms with Gasteiger partial charge in [-0.25, -0.2) is 0 Å². The maximum Gasteiger partial charge on any atom is 0.248 e. The summed E-state index contributed by atoms with van der Waals surface area (Å²) < 4.78 is 5.77. The molecule has 0 heterocycles. The minimum absolute atomic E-state index is 0.00595. The minimum Gasteiger partial charge on any atom is -0.365 e. The van der Waals surface area contributed by atoms with E-state index in [1.54, 1.807) is 0 Å². The van der Waals surface area contributed by atoms with Crippen LogP contribution in [-0.4, -0.2) is 30.7 Å². The molecule has 0 spiro atoms. The SMILES string of the molecule is CC(C)CNC(=O)C(C)OC1CCC(N)CC1. The monoisotopic (exact) mass is 242 g/mol. The molecule has 1 aliphatic rings. The third-order valence-corrected chi connectivity index (χ3v) is 3.17. The molecule has 1 unspecified atom stereocenters. The van der Waals surface area contributed by atoms with Crippen LogP contribution in [0.3, 0.4) is 0 Å². The van der Waals surface area contributed by atoms with E-state index in [9.17, 15) is 4.79 Å². The smallest absolute Gasteiger partial charge is 0.248 e. The first kappa shape index (κ1) is 14.5. The van der Waals surface area contributed by atoms with Gasteiger partial charge in [-0.05, 0) is 38.5 Å². The molecule has 0 bridgehead atoms. The number of amides is 1. The molecule has 0 aliphatic heterocycles. The molecule has 0 aromatic carbocycles. The van der Waals surface area contributed by atoms with Gasteiger partial charge in [-0.2, -0.15) is 0 Å². The summed E-state index contributed by atoms with van der Waals surface area (Å²) in [6, 6.07) is 0.319. The van der Waals surface area contributed by atoms with E-state index in [-0.39, 0.29) is 18.1 Å². The molecule has 0 radical (unpaired) electrons. The fourth-order valence-corrected chi connectivity index (χ4v) is 2.02. The van der Waals surface area contributed by atoms with Crippen LogP contribution in [0.4, 0.5) is 0 Å². The molecule has 1 aliphatic carbocycles. The largest absolute Gasteiger partial charge is 0.365 e. The van der Waals surface area contributed by atoms with Crippen molar-refractivity contribution in [1.29, 1.82) is 0 Å². The average molecular weight is 242 g/mol. The first-order chi connectivity index (χ1) is 7.99. The molecule has 4 heteroatoms. The fourth-order valence-electron chi connectivity index (χ4n) is 2.02. The summed E-state index contributed by atoms with van der Waals surface area (Å²) in [5, 5.41) is 2.89. The van der Waals surface area contributed by atoms with Crippen LogP contribution in [0.5, 0.6) is 0 Å². The minimum atomic E-state index is -0.354. The molecule has 1 amide bonds. The van der Waals surface area contributed by atoms with Crippen LogP contribution in [0.25, 0.3) is 0 Å². The topological polar surface area (TPSA) is 64.3 Å². The van der Waals surface area contributed by atoms with E-state index in [2.05, 4.69) is 19.2 Å². The normalized spacial score (nSPS) is 26.9. The summed E-state index contributed by atoms with van der Waals surface area (Å²) in [5.41, 5.74) is 5.83. The van der Waals surface area contributed by atoms with E-state index in [0.29, 0.717) is 18.5 Å². The molecule has 100 valence electrons. The number of carbonyl (C=O) groups excluding carboxylic acids is 1. The van der Waals surface area contributed by atoms with Crippen LogP contribution >= 0.6 is 0 Å². The molecule has 4 nitrogen and oxygen atoms in total. The van der Waals surface area contributed by atoms with Crippen molar-refractivity contribution >= 4 is 5.91 Å². The van der Waals surface area contributed by atoms with Crippen LogP contribution in [-0.2, 0) is 9.53 Å². The second kappa shape index (κ2) is 6.97. The van der Waals surface area contributed by atoms with Crippen molar-refractivity contribution < 1.29 is 9.53 Å². The molecule has 1 atom stereocenters. The Morgan fingerprint density at radius 1 is 1.29 bits per heavy atom. The van der Waals surface area contributed by atoms with Crippen LogP contribution in [0.15, 0.2) is 0 Å². The predicted octanol–water partition coefficient (Wildman–Crippen LogP) is 1.43. The Balaban J connectivity index is 2.23. The summed E-state index contributed by atoms with van der Waals surface area (Å²) in [6.07, 6.45) is 3.81. The number of hydrogen-bond acceptors (Lipinski definition) is 3. The van der Waals surface area contributed by atoms with Crippen molar-refractivity contribution in [3.05, 3.63) is 0 Å². The highest BCUT2D eigenvalue weighted by Crippen LogP contribution is 2.20. The molecule has 0 aromatic rings. The Morgan fingerprint density at radius 2 is 1.88 bits per heavy atom. The van der Waals surface area contributed by atoms with Crippen molar-refractivity contribution in [2.45, 2.75) is 64.7 Å². The summed E-state index contributed by atoms with van der Waals surface area (Å²) in [6.45, 7) is 6.69. The second-order valence-corrected chi connectivity index (χ2v) is 5.45. The average Bonchev–Trinajstić information content (AvgIpc) is 2.28. The zero-order valence-corrected chi connectivity index (χ0v) is 11.2. The van der Waals surface area contributed by atoms with Crippen molar-refractivity contribution in [3.63, 3.8) is 0 Å². The van der Waals surface area contributed by atoms with Crippen LogP contribution < -0.4 is 11.1 Å². The Morgan fingerprint density at radius 3 is 2.41 bits per heavy atom. The van der Waals surface area contributed by atoms with Gasteiger partial charge in [-0.3, -0.25) is 4.79 Å². The van der Waals surface area contributed by atoms with Gasteiger partial charge < -0.3 is 15.8 Å². The Hall–Kier alpha value is -0.610. The fraction of sp³-hybridized carbons (Fsp3) is 0.923. The van der Waals surface area contributed by atoms with E-state index < -0.39 is 0 Å². The lowest BCUT2D eigenvalue weighted by Gasteiger charge is -2.28. The highest BCUT2D eigenvalue weighted by molar-refractivity contribution is 5.80. The van der Waals surface area contributed by atoms with Gasteiger partial charge in [-0.1, -0.05) is 13.8 Å². The van der Waals surface area contributed by atoms with Gasteiger partial charge in [-0.15, -0.1) is 0 Å². The molecule has 1 saturated carbocycles. The van der Waals surface area contributed by atoms with Gasteiger partial charge in [0, 0.05) is 12.6 Å². The lowest BCUT2D eigenvalue weighted by atomic mass is 9.93. The highest BCUT2D eigenvalue weighted by atomic mass is 16.5. The Labute approximate surface area is 104 Å². The van der Waals surface area contributed by atoms with Crippen molar-refractivity contribution in [3.8, 4) is 0 Å². The second-order valence-electron chi connectivity index (χ2n) is 5.45. The molecular formula is C13H26N2O2. The van der Waals surface area contributed by atoms with Gasteiger partial charge >= 0.3 is 0 Å². The van der Waals surface area contributed by atoms with Crippen molar-refractivity contribution in [2.75, 3.05) is 6.54 Å². The zero-order valence-electron chi connectivity index (χ0n) is 11.2. The van der Waals surface area contributed by atoms with E-state index in [0.717, 1.165) is 25.7 Å². The first-order valence-electron chi connectivity index (χ1n) is 6.67. The Kier molecular flexibility index (Phi) is 5.92. The molecule has 1 fully saturated rings. The number of rotatable bonds is 5. The third kappa shape index (κ3) is 5.50. The maximum absolute atomic E-state index is 11.7. The van der Waals surface area contributed by atoms with E-state index >= 15 is 0 Å². The molecule has 17 heavy (non-hydrogen) atoms. The quantitative estimate of drug-likeness (QED) is 0.766. The summed E-state index contributed by atoms with van der Waals surface area (Å²) in [7, 11) is 0. The van der Waals surface area contributed by atoms with Gasteiger partial charge in [0.1, 0.15) is 6.10 Å². The van der Waals surface area contributed by atoms with E-state index in [1.807, 2.05) is 6.92 Å². The highest BCUT2D eigenvalue weighted by Gasteiger charge is 2.23.